The Hall–Kier alpha value is -7.16. The molecule has 0 amide bonds. The molecule has 0 atom stereocenters. The molecular formula is C52H34N2. The average Bonchev–Trinajstić information content (AvgIpc) is 3.76. The molecule has 2 heterocycles. The molecule has 0 radical (unpaired) electrons. The van der Waals surface area contributed by atoms with E-state index in [2.05, 4.69) is 215 Å². The van der Waals surface area contributed by atoms with Crippen molar-refractivity contribution in [2.45, 2.75) is 0 Å². The smallest absolute Gasteiger partial charge is 0.0547 e. The van der Waals surface area contributed by atoms with Crippen LogP contribution >= 0.6 is 0 Å². The molecule has 0 N–H and O–H groups in total. The van der Waals surface area contributed by atoms with Crippen LogP contribution in [0.2, 0.25) is 0 Å². The van der Waals surface area contributed by atoms with E-state index in [4.69, 9.17) is 0 Å². The number of fused-ring (bicyclic) bond motifs is 7. The van der Waals surface area contributed by atoms with Crippen molar-refractivity contribution >= 4 is 54.4 Å². The van der Waals surface area contributed by atoms with Crippen LogP contribution < -0.4 is 0 Å². The number of aromatic nitrogens is 2. The van der Waals surface area contributed by atoms with Crippen molar-refractivity contribution in [3.05, 3.63) is 206 Å². The minimum atomic E-state index is 1.16. The first kappa shape index (κ1) is 30.5. The molecule has 2 heteroatoms. The maximum Gasteiger partial charge on any atom is 0.0547 e. The van der Waals surface area contributed by atoms with Gasteiger partial charge in [0.1, 0.15) is 0 Å². The molecular weight excluding hydrogens is 653 g/mol. The highest BCUT2D eigenvalue weighted by atomic mass is 15.0. The molecule has 2 nitrogen and oxygen atoms in total. The average molecular weight is 687 g/mol. The summed E-state index contributed by atoms with van der Waals surface area (Å²) in [7, 11) is 0. The highest BCUT2D eigenvalue weighted by Gasteiger charge is 2.16. The molecule has 0 saturated heterocycles. The van der Waals surface area contributed by atoms with Gasteiger partial charge in [-0.15, -0.1) is 0 Å². The van der Waals surface area contributed by atoms with Crippen LogP contribution in [-0.2, 0) is 0 Å². The lowest BCUT2D eigenvalue weighted by atomic mass is 9.98. The normalized spacial score (nSPS) is 11.7. The largest absolute Gasteiger partial charge is 0.309 e. The standard InChI is InChI=1S/C52H34N2/c1-2-11-35(12-3-1)40-15-10-16-43(31-40)53-50-20-9-7-18-46(50)48-33-41(27-30-51(48)53)37-21-23-38(24-22-37)42-26-29-47-45-17-6-8-19-49(45)54(52(47)34-42)44-28-25-36-13-4-5-14-39(36)32-44/h1-34H. The molecule has 54 heavy (non-hydrogen) atoms. The van der Waals surface area contributed by atoms with Crippen LogP contribution in [0.15, 0.2) is 206 Å². The molecule has 11 aromatic rings. The van der Waals surface area contributed by atoms with Crippen LogP contribution in [0.3, 0.4) is 0 Å². The van der Waals surface area contributed by atoms with Crippen LogP contribution in [-0.4, -0.2) is 9.13 Å². The lowest BCUT2D eigenvalue weighted by Crippen LogP contribution is -1.94. The second kappa shape index (κ2) is 12.2. The lowest BCUT2D eigenvalue weighted by Gasteiger charge is -2.11. The Morgan fingerprint density at radius 3 is 1.50 bits per heavy atom. The fourth-order valence-electron chi connectivity index (χ4n) is 8.49. The molecule has 9 aromatic carbocycles. The number of para-hydroxylation sites is 2. The maximum atomic E-state index is 2.42. The highest BCUT2D eigenvalue weighted by Crippen LogP contribution is 2.38. The maximum absolute atomic E-state index is 2.42. The number of benzene rings is 9. The van der Waals surface area contributed by atoms with Crippen LogP contribution in [0, 0.1) is 0 Å². The predicted molar refractivity (Wildman–Crippen MR) is 229 cm³/mol. The summed E-state index contributed by atoms with van der Waals surface area (Å²) in [5.41, 5.74) is 14.4. The fraction of sp³-hybridized carbons (Fsp3) is 0. The molecule has 11 rings (SSSR count). The molecule has 0 aliphatic heterocycles. The zero-order valence-electron chi connectivity index (χ0n) is 29.5. The summed E-state index contributed by atoms with van der Waals surface area (Å²) in [6.07, 6.45) is 0. The van der Waals surface area contributed by atoms with Crippen LogP contribution in [0.4, 0.5) is 0 Å². The van der Waals surface area contributed by atoms with Crippen molar-refractivity contribution in [3.63, 3.8) is 0 Å². The van der Waals surface area contributed by atoms with Gasteiger partial charge in [-0.1, -0.05) is 152 Å². The van der Waals surface area contributed by atoms with E-state index in [1.807, 2.05) is 0 Å². The first-order chi connectivity index (χ1) is 26.8. The van der Waals surface area contributed by atoms with Gasteiger partial charge in [-0.3, -0.25) is 0 Å². The minimum absolute atomic E-state index is 1.16. The SMILES string of the molecule is c1ccc(-c2cccc(-n3c4ccccc4c4cc(-c5ccc(-c6ccc7c8ccccc8n(-c8ccc9ccccc9c8)c7c6)cc5)ccc43)c2)cc1. The molecule has 252 valence electrons. The summed E-state index contributed by atoms with van der Waals surface area (Å²) in [4.78, 5) is 0. The number of hydrogen-bond acceptors (Lipinski definition) is 0. The summed E-state index contributed by atoms with van der Waals surface area (Å²) in [5.74, 6) is 0. The van der Waals surface area contributed by atoms with E-state index in [0.717, 1.165) is 5.69 Å². The molecule has 2 aromatic heterocycles. The molecule has 0 fully saturated rings. The van der Waals surface area contributed by atoms with Crippen molar-refractivity contribution in [1.29, 1.82) is 0 Å². The van der Waals surface area contributed by atoms with Gasteiger partial charge >= 0.3 is 0 Å². The molecule has 0 unspecified atom stereocenters. The van der Waals surface area contributed by atoms with E-state index in [9.17, 15) is 0 Å². The van der Waals surface area contributed by atoms with E-state index in [-0.39, 0.29) is 0 Å². The molecule has 0 spiro atoms. The van der Waals surface area contributed by atoms with Gasteiger partial charge in [0.2, 0.25) is 0 Å². The van der Waals surface area contributed by atoms with Crippen LogP contribution in [0.25, 0.3) is 99.1 Å². The van der Waals surface area contributed by atoms with E-state index in [1.54, 1.807) is 0 Å². The molecule has 0 bridgehead atoms. The third kappa shape index (κ3) is 4.88. The first-order valence-corrected chi connectivity index (χ1v) is 18.6. The van der Waals surface area contributed by atoms with Gasteiger partial charge in [0, 0.05) is 32.9 Å². The molecule has 0 aliphatic rings. The summed E-state index contributed by atoms with van der Waals surface area (Å²) < 4.78 is 4.82. The summed E-state index contributed by atoms with van der Waals surface area (Å²) in [6.45, 7) is 0. The zero-order valence-corrected chi connectivity index (χ0v) is 29.5. The van der Waals surface area contributed by atoms with Crippen LogP contribution in [0.1, 0.15) is 0 Å². The Balaban J connectivity index is 0.986. The number of hydrogen-bond donors (Lipinski definition) is 0. The Morgan fingerprint density at radius 1 is 0.222 bits per heavy atom. The summed E-state index contributed by atoms with van der Waals surface area (Å²) >= 11 is 0. The van der Waals surface area contributed by atoms with E-state index in [0.29, 0.717) is 0 Å². The monoisotopic (exact) mass is 686 g/mol. The molecule has 0 aliphatic carbocycles. The van der Waals surface area contributed by atoms with Crippen LogP contribution in [0.5, 0.6) is 0 Å². The number of rotatable bonds is 5. The lowest BCUT2D eigenvalue weighted by molar-refractivity contribution is 1.18. The van der Waals surface area contributed by atoms with Crippen molar-refractivity contribution in [2.75, 3.05) is 0 Å². The second-order valence-electron chi connectivity index (χ2n) is 14.2. The Kier molecular flexibility index (Phi) is 6.90. The van der Waals surface area contributed by atoms with Gasteiger partial charge in [-0.2, -0.15) is 0 Å². The quantitative estimate of drug-likeness (QED) is 0.171. The van der Waals surface area contributed by atoms with Crippen molar-refractivity contribution in [3.8, 4) is 44.8 Å². The van der Waals surface area contributed by atoms with Crippen molar-refractivity contribution < 1.29 is 0 Å². The van der Waals surface area contributed by atoms with Crippen molar-refractivity contribution in [1.82, 2.24) is 9.13 Å². The zero-order chi connectivity index (χ0) is 35.6. The highest BCUT2D eigenvalue weighted by molar-refractivity contribution is 6.11. The van der Waals surface area contributed by atoms with E-state index >= 15 is 0 Å². The topological polar surface area (TPSA) is 9.86 Å². The van der Waals surface area contributed by atoms with Gasteiger partial charge in [0.05, 0.1) is 22.1 Å². The van der Waals surface area contributed by atoms with Gasteiger partial charge in [0.15, 0.2) is 0 Å². The molecule has 0 saturated carbocycles. The van der Waals surface area contributed by atoms with Gasteiger partial charge in [0.25, 0.3) is 0 Å². The second-order valence-corrected chi connectivity index (χ2v) is 14.2. The predicted octanol–water partition coefficient (Wildman–Crippen LogP) is 14.0. The van der Waals surface area contributed by atoms with E-state index < -0.39 is 0 Å². The van der Waals surface area contributed by atoms with Gasteiger partial charge < -0.3 is 9.13 Å². The minimum Gasteiger partial charge on any atom is -0.309 e. The summed E-state index contributed by atoms with van der Waals surface area (Å²) in [5, 5.41) is 7.53. The Morgan fingerprint density at radius 2 is 0.722 bits per heavy atom. The van der Waals surface area contributed by atoms with E-state index in [1.165, 1.54) is 93.5 Å². The number of nitrogens with zero attached hydrogens (tertiary/aromatic N) is 2. The van der Waals surface area contributed by atoms with Gasteiger partial charge in [-0.05, 0) is 98.8 Å². The third-order valence-electron chi connectivity index (χ3n) is 11.1. The third-order valence-corrected chi connectivity index (χ3v) is 11.1. The Bertz CT molecular complexity index is 3200. The van der Waals surface area contributed by atoms with Crippen molar-refractivity contribution in [2.24, 2.45) is 0 Å². The summed E-state index contributed by atoms with van der Waals surface area (Å²) in [6, 6.07) is 75.2. The first-order valence-electron chi connectivity index (χ1n) is 18.6. The fourth-order valence-corrected chi connectivity index (χ4v) is 8.49. The Labute approximate surface area is 313 Å². The van der Waals surface area contributed by atoms with Gasteiger partial charge in [-0.25, -0.2) is 0 Å².